The number of primary amides is 1. The van der Waals surface area contributed by atoms with Gasteiger partial charge in [0.05, 0.1) is 13.0 Å². The molecule has 172 valence electrons. The van der Waals surface area contributed by atoms with Gasteiger partial charge in [-0.1, -0.05) is 34.1 Å². The summed E-state index contributed by atoms with van der Waals surface area (Å²) >= 11 is 0. The Kier molecular flexibility index (Phi) is 11.6. The van der Waals surface area contributed by atoms with Crippen LogP contribution in [0.15, 0.2) is 0 Å². The zero-order valence-electron chi connectivity index (χ0n) is 17.7. The molecule has 0 aliphatic rings. The van der Waals surface area contributed by atoms with Crippen molar-refractivity contribution in [3.8, 4) is 0 Å². The molecule has 0 rings (SSSR count). The first kappa shape index (κ1) is 27.3. The van der Waals surface area contributed by atoms with Gasteiger partial charge in [0.25, 0.3) is 0 Å². The Balaban J connectivity index is 5.46. The van der Waals surface area contributed by atoms with Gasteiger partial charge in [-0.05, 0) is 11.8 Å². The van der Waals surface area contributed by atoms with Gasteiger partial charge in [0.15, 0.2) is 0 Å². The molecule has 0 radical (unpaired) electrons. The molecule has 0 aliphatic carbocycles. The van der Waals surface area contributed by atoms with Crippen molar-refractivity contribution in [2.24, 2.45) is 23.3 Å². The van der Waals surface area contributed by atoms with E-state index in [1.165, 1.54) is 0 Å². The van der Waals surface area contributed by atoms with Crippen LogP contribution in [0.2, 0.25) is 0 Å². The molecule has 30 heavy (non-hydrogen) atoms. The minimum Gasteiger partial charge on any atom is -0.480 e. The molecule has 12 heteroatoms. The van der Waals surface area contributed by atoms with Crippen LogP contribution in [0.4, 0.5) is 0 Å². The standard InChI is InChI=1S/C18H33N5O7/c1-5-9(4)14(23-15(26)10(19)7-24)17(28)22-13(8(2)3)16(27)21-11(18(29)30)6-12(20)25/h8-11,13-14,24H,5-7,19H2,1-4H3,(H2,20,25)(H,21,27)(H,22,28)(H,23,26)(H,29,30). The van der Waals surface area contributed by atoms with E-state index in [1.807, 2.05) is 0 Å². The molecule has 0 fully saturated rings. The Morgan fingerprint density at radius 1 is 0.900 bits per heavy atom. The molecule has 0 heterocycles. The number of carboxylic acids is 1. The fourth-order valence-electron chi connectivity index (χ4n) is 2.49. The Labute approximate surface area is 175 Å². The molecule has 0 saturated carbocycles. The first-order chi connectivity index (χ1) is 13.8. The molecule has 0 spiro atoms. The summed E-state index contributed by atoms with van der Waals surface area (Å²) in [7, 11) is 0. The van der Waals surface area contributed by atoms with Gasteiger partial charge in [-0.3, -0.25) is 19.2 Å². The van der Waals surface area contributed by atoms with Gasteiger partial charge >= 0.3 is 5.97 Å². The third-order valence-electron chi connectivity index (χ3n) is 4.59. The predicted octanol–water partition coefficient (Wildman–Crippen LogP) is -2.58. The van der Waals surface area contributed by atoms with Crippen LogP contribution in [0.25, 0.3) is 0 Å². The van der Waals surface area contributed by atoms with E-state index in [1.54, 1.807) is 27.7 Å². The number of nitrogens with one attached hydrogen (secondary N) is 3. The zero-order chi connectivity index (χ0) is 23.6. The van der Waals surface area contributed by atoms with Gasteiger partial charge in [-0.15, -0.1) is 0 Å². The van der Waals surface area contributed by atoms with Gasteiger partial charge in [0.1, 0.15) is 24.2 Å². The molecular weight excluding hydrogens is 398 g/mol. The van der Waals surface area contributed by atoms with Gasteiger partial charge < -0.3 is 37.6 Å². The number of aliphatic hydroxyl groups is 1. The van der Waals surface area contributed by atoms with Crippen molar-refractivity contribution < 1.29 is 34.2 Å². The number of aliphatic carboxylic acids is 1. The fourth-order valence-corrected chi connectivity index (χ4v) is 2.49. The number of carbonyl (C=O) groups is 5. The predicted molar refractivity (Wildman–Crippen MR) is 107 cm³/mol. The topological polar surface area (TPSA) is 214 Å². The second-order valence-electron chi connectivity index (χ2n) is 7.46. The van der Waals surface area contributed by atoms with Crippen LogP contribution >= 0.6 is 0 Å². The lowest BCUT2D eigenvalue weighted by atomic mass is 9.96. The zero-order valence-corrected chi connectivity index (χ0v) is 17.7. The van der Waals surface area contributed by atoms with Crippen molar-refractivity contribution in [3.63, 3.8) is 0 Å². The summed E-state index contributed by atoms with van der Waals surface area (Å²) in [6.45, 7) is 6.18. The lowest BCUT2D eigenvalue weighted by Crippen LogP contribution is -2.60. The second-order valence-corrected chi connectivity index (χ2v) is 7.46. The van der Waals surface area contributed by atoms with E-state index in [-0.39, 0.29) is 5.92 Å². The first-order valence-corrected chi connectivity index (χ1v) is 9.64. The molecule has 9 N–H and O–H groups in total. The molecule has 5 unspecified atom stereocenters. The Morgan fingerprint density at radius 3 is 1.80 bits per heavy atom. The molecule has 5 atom stereocenters. The highest BCUT2D eigenvalue weighted by molar-refractivity contribution is 5.95. The van der Waals surface area contributed by atoms with E-state index >= 15 is 0 Å². The van der Waals surface area contributed by atoms with Crippen LogP contribution < -0.4 is 27.4 Å². The second kappa shape index (κ2) is 12.8. The number of nitrogens with two attached hydrogens (primary N) is 2. The summed E-state index contributed by atoms with van der Waals surface area (Å²) in [5.41, 5.74) is 10.5. The number of hydrogen-bond acceptors (Lipinski definition) is 7. The average Bonchev–Trinajstić information content (AvgIpc) is 2.66. The van der Waals surface area contributed by atoms with E-state index in [4.69, 9.17) is 21.7 Å². The maximum absolute atomic E-state index is 12.8. The van der Waals surface area contributed by atoms with E-state index in [0.29, 0.717) is 6.42 Å². The lowest BCUT2D eigenvalue weighted by molar-refractivity contribution is -0.144. The summed E-state index contributed by atoms with van der Waals surface area (Å²) in [6, 6.07) is -4.92. The summed E-state index contributed by atoms with van der Waals surface area (Å²) < 4.78 is 0. The SMILES string of the molecule is CCC(C)C(NC(=O)C(N)CO)C(=O)NC(C(=O)NC(CC(N)=O)C(=O)O)C(C)C. The van der Waals surface area contributed by atoms with Crippen LogP contribution in [0, 0.1) is 11.8 Å². The number of carboxylic acid groups (broad SMARTS) is 1. The Morgan fingerprint density at radius 2 is 1.40 bits per heavy atom. The van der Waals surface area contributed by atoms with Gasteiger partial charge in [0.2, 0.25) is 23.6 Å². The Hall–Kier alpha value is -2.73. The number of hydrogen-bond donors (Lipinski definition) is 7. The Bertz CT molecular complexity index is 640. The minimum absolute atomic E-state index is 0.322. The molecule has 0 aromatic carbocycles. The van der Waals surface area contributed by atoms with Crippen LogP contribution in [-0.4, -0.2) is 70.6 Å². The van der Waals surface area contributed by atoms with Crippen LogP contribution in [0.5, 0.6) is 0 Å². The third-order valence-corrected chi connectivity index (χ3v) is 4.59. The van der Waals surface area contributed by atoms with E-state index in [9.17, 15) is 24.0 Å². The highest BCUT2D eigenvalue weighted by Crippen LogP contribution is 2.11. The summed E-state index contributed by atoms with van der Waals surface area (Å²) in [5.74, 6) is -5.32. The average molecular weight is 431 g/mol. The van der Waals surface area contributed by atoms with Crippen molar-refractivity contribution in [2.45, 2.75) is 64.7 Å². The smallest absolute Gasteiger partial charge is 0.326 e. The summed E-state index contributed by atoms with van der Waals surface area (Å²) in [4.78, 5) is 59.7. The fraction of sp³-hybridized carbons (Fsp3) is 0.722. The summed E-state index contributed by atoms with van der Waals surface area (Å²) in [5, 5.41) is 25.3. The molecule has 0 bridgehead atoms. The maximum Gasteiger partial charge on any atom is 0.326 e. The lowest BCUT2D eigenvalue weighted by Gasteiger charge is -2.29. The minimum atomic E-state index is -1.54. The highest BCUT2D eigenvalue weighted by Gasteiger charge is 2.33. The largest absolute Gasteiger partial charge is 0.480 e. The number of amides is 4. The molecule has 0 aliphatic heterocycles. The van der Waals surface area contributed by atoms with Crippen molar-refractivity contribution >= 4 is 29.6 Å². The van der Waals surface area contributed by atoms with Crippen molar-refractivity contribution in [3.05, 3.63) is 0 Å². The van der Waals surface area contributed by atoms with Crippen LogP contribution in [0.3, 0.4) is 0 Å². The van der Waals surface area contributed by atoms with Crippen molar-refractivity contribution in [1.82, 2.24) is 16.0 Å². The summed E-state index contributed by atoms with van der Waals surface area (Å²) in [6.07, 6.45) is -0.0879. The third kappa shape index (κ3) is 8.74. The van der Waals surface area contributed by atoms with Crippen molar-refractivity contribution in [1.29, 1.82) is 0 Å². The van der Waals surface area contributed by atoms with Gasteiger partial charge in [-0.25, -0.2) is 4.79 Å². The molecular formula is C18H33N5O7. The molecule has 12 nitrogen and oxygen atoms in total. The van der Waals surface area contributed by atoms with E-state index < -0.39 is 72.7 Å². The monoisotopic (exact) mass is 431 g/mol. The molecule has 0 aromatic heterocycles. The number of carbonyl (C=O) groups excluding carboxylic acids is 4. The number of rotatable bonds is 13. The highest BCUT2D eigenvalue weighted by atomic mass is 16.4. The first-order valence-electron chi connectivity index (χ1n) is 9.64. The van der Waals surface area contributed by atoms with Gasteiger partial charge in [0, 0.05) is 0 Å². The van der Waals surface area contributed by atoms with Gasteiger partial charge in [-0.2, -0.15) is 0 Å². The molecule has 0 aromatic rings. The maximum atomic E-state index is 12.8. The molecule has 4 amide bonds. The van der Waals surface area contributed by atoms with E-state index in [0.717, 1.165) is 0 Å². The molecule has 0 saturated heterocycles. The van der Waals surface area contributed by atoms with Crippen LogP contribution in [0.1, 0.15) is 40.5 Å². The van der Waals surface area contributed by atoms with Crippen LogP contribution in [-0.2, 0) is 24.0 Å². The quantitative estimate of drug-likeness (QED) is 0.164. The van der Waals surface area contributed by atoms with Crippen molar-refractivity contribution in [2.75, 3.05) is 6.61 Å². The van der Waals surface area contributed by atoms with E-state index in [2.05, 4.69) is 16.0 Å². The number of aliphatic hydroxyl groups excluding tert-OH is 1. The normalized spacial score (nSPS) is 16.0.